The molecule has 2 aromatic rings. The minimum atomic E-state index is -4.55. The van der Waals surface area contributed by atoms with Crippen LogP contribution < -0.4 is 9.37 Å². The molecule has 1 aromatic carbocycles. The first-order valence-electron chi connectivity index (χ1n) is 7.08. The Hall–Kier alpha value is -1.49. The number of nitrogens with one attached hydrogen (secondary N) is 1. The van der Waals surface area contributed by atoms with Crippen LogP contribution in [-0.4, -0.2) is 43.7 Å². The molecule has 0 aliphatic carbocycles. The number of carbonyl (C=O) groups is 1. The van der Waals surface area contributed by atoms with Crippen LogP contribution in [0, 0.1) is 0 Å². The molecule has 0 spiro atoms. The molecular weight excluding hydrogens is 365 g/mol. The maximum atomic E-state index is 13.0. The van der Waals surface area contributed by atoms with E-state index in [0.29, 0.717) is 31.0 Å². The molecule has 3 rings (SSSR count). The normalized spacial score (nSPS) is 16.5. The van der Waals surface area contributed by atoms with Gasteiger partial charge in [0, 0.05) is 13.1 Å². The molecule has 5 nitrogen and oxygen atoms in total. The Morgan fingerprint density at radius 1 is 1.25 bits per heavy atom. The van der Waals surface area contributed by atoms with E-state index in [1.165, 1.54) is 0 Å². The van der Waals surface area contributed by atoms with Crippen molar-refractivity contribution >= 4 is 43.7 Å². The van der Waals surface area contributed by atoms with E-state index in [9.17, 15) is 22.8 Å². The van der Waals surface area contributed by atoms with E-state index in [0.717, 1.165) is 34.8 Å². The zero-order chi connectivity index (χ0) is 17.3. The Kier molecular flexibility index (Phi) is 4.90. The number of hydrogen-bond donors (Lipinski definition) is 1. The third-order valence-corrected chi connectivity index (χ3v) is 5.65. The largest absolute Gasteiger partial charge is 0.416 e. The van der Waals surface area contributed by atoms with Gasteiger partial charge in [0.25, 0.3) is 4.06 Å². The van der Waals surface area contributed by atoms with Crippen LogP contribution in [0.4, 0.5) is 18.9 Å². The Labute approximate surface area is 142 Å². The van der Waals surface area contributed by atoms with Gasteiger partial charge in [-0.1, -0.05) is 22.7 Å². The minimum Gasteiger partial charge on any atom is -0.379 e. The molecule has 0 bridgehead atoms. The molecule has 1 aliphatic rings. The molecule has 0 saturated carbocycles. The van der Waals surface area contributed by atoms with E-state index in [2.05, 4.69) is 5.32 Å². The number of fused-ring (bicyclic) bond motifs is 1. The quantitative estimate of drug-likeness (QED) is 0.892. The highest BCUT2D eigenvalue weighted by atomic mass is 32.2. The highest BCUT2D eigenvalue weighted by molar-refractivity contribution is 7.36. The van der Waals surface area contributed by atoms with Crippen LogP contribution in [0.2, 0.25) is 0 Å². The molecule has 1 N–H and O–H groups in total. The van der Waals surface area contributed by atoms with Crippen molar-refractivity contribution in [2.75, 3.05) is 38.2 Å². The molecule has 1 saturated heterocycles. The number of halogens is 3. The van der Waals surface area contributed by atoms with Crippen molar-refractivity contribution in [2.45, 2.75) is 6.18 Å². The zero-order valence-corrected chi connectivity index (χ0v) is 13.9. The first-order valence-corrected chi connectivity index (χ1v) is 8.71. The Balaban J connectivity index is 1.86. The summed E-state index contributed by atoms with van der Waals surface area (Å²) in [5.41, 5.74) is -0.854. The highest BCUT2D eigenvalue weighted by Crippen LogP contribution is 2.37. The van der Waals surface area contributed by atoms with Gasteiger partial charge >= 0.3 is 6.18 Å². The van der Waals surface area contributed by atoms with Crippen molar-refractivity contribution in [3.05, 3.63) is 26.5 Å². The summed E-state index contributed by atoms with van der Waals surface area (Å²) in [6.45, 7) is 2.30. The van der Waals surface area contributed by atoms with E-state index in [4.69, 9.17) is 4.74 Å². The molecule has 0 radical (unpaired) electrons. The van der Waals surface area contributed by atoms with E-state index in [1.54, 1.807) is 0 Å². The predicted octanol–water partition coefficient (Wildman–Crippen LogP) is 2.61. The number of amides is 1. The Morgan fingerprint density at radius 2 is 1.96 bits per heavy atom. The van der Waals surface area contributed by atoms with Crippen LogP contribution in [0.25, 0.3) is 9.40 Å². The Morgan fingerprint density at radius 3 is 2.62 bits per heavy atom. The minimum absolute atomic E-state index is 0.0291. The topological polar surface area (TPSA) is 58.6 Å². The van der Waals surface area contributed by atoms with Gasteiger partial charge in [0.2, 0.25) is 5.91 Å². The van der Waals surface area contributed by atoms with Crippen LogP contribution in [0.15, 0.2) is 16.9 Å². The number of nitrogens with zero attached hydrogens (tertiary/aromatic N) is 1. The first kappa shape index (κ1) is 17.3. The average molecular weight is 378 g/mol. The fourth-order valence-corrected chi connectivity index (χ4v) is 4.44. The molecule has 0 atom stereocenters. The van der Waals surface area contributed by atoms with Crippen molar-refractivity contribution in [2.24, 2.45) is 0 Å². The van der Waals surface area contributed by atoms with Gasteiger partial charge in [0.1, 0.15) is 0 Å². The molecular formula is C14H13F3N2O3S2. The standard InChI is InChI=1S/C14H13F3N2O3S2/c15-14(16,17)8-5-9(12-10(6-8)23-13(21)24-12)18-11(20)7-19-1-3-22-4-2-19/h5-6H,1-4,7H2,(H,18,20). The fourth-order valence-electron chi connectivity index (χ4n) is 2.39. The highest BCUT2D eigenvalue weighted by Gasteiger charge is 2.32. The summed E-state index contributed by atoms with van der Waals surface area (Å²) in [7, 11) is 0. The number of rotatable bonds is 3. The van der Waals surface area contributed by atoms with Gasteiger partial charge in [-0.3, -0.25) is 14.5 Å². The van der Waals surface area contributed by atoms with Gasteiger partial charge in [-0.15, -0.1) is 0 Å². The lowest BCUT2D eigenvalue weighted by Crippen LogP contribution is -2.41. The second-order valence-electron chi connectivity index (χ2n) is 5.24. The lowest BCUT2D eigenvalue weighted by atomic mass is 10.2. The van der Waals surface area contributed by atoms with Crippen molar-refractivity contribution in [3.63, 3.8) is 0 Å². The SMILES string of the molecule is O=C(CN1CCOCC1)Nc1cc(C(F)(F)F)cc2sc(=O)sc12. The molecule has 1 aliphatic heterocycles. The molecule has 24 heavy (non-hydrogen) atoms. The number of benzene rings is 1. The fraction of sp³-hybridized carbons (Fsp3) is 0.429. The molecule has 2 heterocycles. The summed E-state index contributed by atoms with van der Waals surface area (Å²) < 4.78 is 44.5. The van der Waals surface area contributed by atoms with E-state index >= 15 is 0 Å². The van der Waals surface area contributed by atoms with Crippen LogP contribution >= 0.6 is 22.7 Å². The second-order valence-corrected chi connectivity index (χ2v) is 7.50. The molecule has 1 fully saturated rings. The zero-order valence-electron chi connectivity index (χ0n) is 12.3. The summed E-state index contributed by atoms with van der Waals surface area (Å²) in [6, 6.07) is 1.82. The van der Waals surface area contributed by atoms with Crippen molar-refractivity contribution in [3.8, 4) is 0 Å². The second kappa shape index (κ2) is 6.79. The van der Waals surface area contributed by atoms with Gasteiger partial charge in [-0.05, 0) is 12.1 Å². The molecule has 1 amide bonds. The maximum Gasteiger partial charge on any atom is 0.416 e. The number of alkyl halides is 3. The van der Waals surface area contributed by atoms with Crippen molar-refractivity contribution < 1.29 is 22.7 Å². The molecule has 1 aromatic heterocycles. The first-order chi connectivity index (χ1) is 11.3. The monoisotopic (exact) mass is 378 g/mol. The number of carbonyl (C=O) groups excluding carboxylic acids is 1. The predicted molar refractivity (Wildman–Crippen MR) is 86.9 cm³/mol. The summed E-state index contributed by atoms with van der Waals surface area (Å²) in [5, 5.41) is 2.51. The van der Waals surface area contributed by atoms with Crippen molar-refractivity contribution in [1.29, 1.82) is 0 Å². The third kappa shape index (κ3) is 3.94. The van der Waals surface area contributed by atoms with Crippen LogP contribution in [0.3, 0.4) is 0 Å². The lowest BCUT2D eigenvalue weighted by molar-refractivity contribution is -0.137. The van der Waals surface area contributed by atoms with Gasteiger partial charge in [-0.25, -0.2) is 0 Å². The number of anilines is 1. The smallest absolute Gasteiger partial charge is 0.379 e. The van der Waals surface area contributed by atoms with Gasteiger partial charge < -0.3 is 10.1 Å². The Bertz CT molecular complexity index is 810. The number of morpholine rings is 1. The molecule has 0 unspecified atom stereocenters. The molecule has 130 valence electrons. The van der Waals surface area contributed by atoms with Crippen LogP contribution in [0.5, 0.6) is 0 Å². The van der Waals surface area contributed by atoms with Crippen molar-refractivity contribution in [1.82, 2.24) is 4.90 Å². The third-order valence-electron chi connectivity index (χ3n) is 3.51. The number of ether oxygens (including phenoxy) is 1. The van der Waals surface area contributed by atoms with E-state index in [-0.39, 0.29) is 21.0 Å². The van der Waals surface area contributed by atoms with Crippen LogP contribution in [-0.2, 0) is 15.7 Å². The van der Waals surface area contributed by atoms with Gasteiger partial charge in [-0.2, -0.15) is 13.2 Å². The van der Waals surface area contributed by atoms with Crippen LogP contribution in [0.1, 0.15) is 5.56 Å². The van der Waals surface area contributed by atoms with E-state index < -0.39 is 17.6 Å². The summed E-state index contributed by atoms with van der Waals surface area (Å²) in [6.07, 6.45) is -4.55. The average Bonchev–Trinajstić information content (AvgIpc) is 2.88. The lowest BCUT2D eigenvalue weighted by Gasteiger charge is -2.25. The summed E-state index contributed by atoms with van der Waals surface area (Å²) in [5.74, 6) is -0.414. The summed E-state index contributed by atoms with van der Waals surface area (Å²) in [4.78, 5) is 25.5. The van der Waals surface area contributed by atoms with Gasteiger partial charge in [0.05, 0.1) is 40.4 Å². The molecule has 10 heteroatoms. The number of hydrogen-bond acceptors (Lipinski definition) is 6. The summed E-state index contributed by atoms with van der Waals surface area (Å²) >= 11 is 1.58. The maximum absolute atomic E-state index is 13.0. The van der Waals surface area contributed by atoms with Gasteiger partial charge in [0.15, 0.2) is 0 Å². The van der Waals surface area contributed by atoms with E-state index in [1.807, 2.05) is 4.90 Å².